The summed E-state index contributed by atoms with van der Waals surface area (Å²) in [4.78, 5) is 17.6. The van der Waals surface area contributed by atoms with E-state index in [1.54, 1.807) is 0 Å². The number of para-hydroxylation sites is 3. The Morgan fingerprint density at radius 3 is 1.74 bits per heavy atom. The minimum Gasteiger partial charge on any atom is -0.455 e. The molecule has 8 aromatic carbocycles. The molecular weight excluding hydrogens is 691 g/mol. The van der Waals surface area contributed by atoms with E-state index in [0.717, 1.165) is 49.8 Å². The predicted octanol–water partition coefficient (Wildman–Crippen LogP) is 6.50. The van der Waals surface area contributed by atoms with Crippen molar-refractivity contribution in [3.05, 3.63) is 140 Å². The maximum Gasteiger partial charge on any atom is 0.167 e. The van der Waals surface area contributed by atoms with Crippen LogP contribution in [0.2, 0.25) is 0 Å². The molecule has 10 aromatic rings. The zero-order valence-electron chi connectivity index (χ0n) is 30.4. The summed E-state index contributed by atoms with van der Waals surface area (Å²) in [6, 6.07) is 47.8. The van der Waals surface area contributed by atoms with Crippen molar-refractivity contribution < 1.29 is 4.42 Å². The number of anilines is 3. The smallest absolute Gasteiger partial charge is 0.167 e. The molecule has 5 nitrogen and oxygen atoms in total. The Labute approximate surface area is 334 Å². The minimum absolute atomic E-state index is 0.104. The second-order valence-electron chi connectivity index (χ2n) is 14.2. The van der Waals surface area contributed by atoms with E-state index >= 15 is 0 Å². The van der Waals surface area contributed by atoms with E-state index < -0.39 is 0 Å². The van der Waals surface area contributed by atoms with Gasteiger partial charge in [-0.3, -0.25) is 0 Å². The highest BCUT2D eigenvalue weighted by Crippen LogP contribution is 2.52. The number of hydrogen-bond acceptors (Lipinski definition) is 5. The summed E-state index contributed by atoms with van der Waals surface area (Å²) in [7, 11) is 32.2. The van der Waals surface area contributed by atoms with Crippen molar-refractivity contribution in [3.8, 4) is 45.3 Å². The molecule has 1 aliphatic heterocycles. The number of benzene rings is 8. The summed E-state index contributed by atoms with van der Waals surface area (Å²) in [5.74, 6) is 0.942. The van der Waals surface area contributed by atoms with Crippen LogP contribution in [0.3, 0.4) is 0 Å². The molecule has 1 aliphatic rings. The topological polar surface area (TPSA) is 55.1 Å². The lowest BCUT2D eigenvalue weighted by Crippen LogP contribution is -2.55. The first-order valence-electron chi connectivity index (χ1n) is 18.5. The number of nitrogens with zero attached hydrogens (tertiary/aromatic N) is 4. The maximum absolute atomic E-state index is 6.64. The first kappa shape index (κ1) is 33.5. The highest BCUT2D eigenvalue weighted by atomic mass is 16.3. The molecular formula is C47H23B5N4O. The van der Waals surface area contributed by atoms with Gasteiger partial charge in [0.15, 0.2) is 17.5 Å². The molecule has 0 saturated heterocycles. The Kier molecular flexibility index (Phi) is 7.43. The average Bonchev–Trinajstić information content (AvgIpc) is 3.64. The van der Waals surface area contributed by atoms with Crippen LogP contribution in [0.5, 0.6) is 0 Å². The molecule has 0 unspecified atom stereocenters. The van der Waals surface area contributed by atoms with E-state index in [-0.39, 0.29) is 38.7 Å². The first-order valence-corrected chi connectivity index (χ1v) is 18.5. The summed E-state index contributed by atoms with van der Waals surface area (Å²) >= 11 is 0. The number of furan rings is 1. The monoisotopic (exact) mass is 714 g/mol. The fraction of sp³-hybridized carbons (Fsp3) is 0. The Bertz CT molecular complexity index is 3310. The molecule has 2 aromatic heterocycles. The maximum atomic E-state index is 6.64. The van der Waals surface area contributed by atoms with Crippen LogP contribution in [0, 0.1) is 0 Å². The van der Waals surface area contributed by atoms with Crippen LogP contribution in [0.1, 0.15) is 0 Å². The van der Waals surface area contributed by atoms with Crippen LogP contribution in [-0.2, 0) is 0 Å². The summed E-state index contributed by atoms with van der Waals surface area (Å²) < 4.78 is 6.45. The SMILES string of the molecule is [B]c1c([B])c([B])c(-c2nc(-c3cccc4c(N5c6ccccc6-c6cccc7cccc5c67)cccc34)nc(-c3cccc4c3oc3ccccc34)n2)c([B])c1[B]. The summed E-state index contributed by atoms with van der Waals surface area (Å²) in [5.41, 5.74) is 9.26. The van der Waals surface area contributed by atoms with Crippen molar-refractivity contribution in [1.82, 2.24) is 15.0 Å². The van der Waals surface area contributed by atoms with E-state index in [9.17, 15) is 0 Å². The van der Waals surface area contributed by atoms with Crippen LogP contribution in [0.25, 0.3) is 88.8 Å². The van der Waals surface area contributed by atoms with Crippen molar-refractivity contribution in [2.45, 2.75) is 0 Å². The van der Waals surface area contributed by atoms with Crippen molar-refractivity contribution in [2.24, 2.45) is 0 Å². The molecule has 0 spiro atoms. The third kappa shape index (κ3) is 4.93. The molecule has 252 valence electrons. The largest absolute Gasteiger partial charge is 0.455 e. The van der Waals surface area contributed by atoms with Crippen molar-refractivity contribution in [1.29, 1.82) is 0 Å². The highest BCUT2D eigenvalue weighted by Gasteiger charge is 2.27. The van der Waals surface area contributed by atoms with Gasteiger partial charge in [0.25, 0.3) is 0 Å². The molecule has 0 amide bonds. The first-order chi connectivity index (χ1) is 27.9. The molecule has 11 rings (SSSR count). The van der Waals surface area contributed by atoms with Crippen LogP contribution in [0.4, 0.5) is 17.1 Å². The third-order valence-corrected chi connectivity index (χ3v) is 11.1. The van der Waals surface area contributed by atoms with E-state index in [4.69, 9.17) is 58.6 Å². The Morgan fingerprint density at radius 1 is 0.386 bits per heavy atom. The molecule has 57 heavy (non-hydrogen) atoms. The van der Waals surface area contributed by atoms with Gasteiger partial charge in [0, 0.05) is 38.2 Å². The second-order valence-corrected chi connectivity index (χ2v) is 14.2. The van der Waals surface area contributed by atoms with Crippen molar-refractivity contribution in [3.63, 3.8) is 0 Å². The number of aromatic nitrogens is 3. The van der Waals surface area contributed by atoms with Gasteiger partial charge in [-0.25, -0.2) is 15.0 Å². The molecule has 0 bridgehead atoms. The van der Waals surface area contributed by atoms with Gasteiger partial charge in [0.1, 0.15) is 50.4 Å². The van der Waals surface area contributed by atoms with Crippen molar-refractivity contribution in [2.75, 3.05) is 4.90 Å². The average molecular weight is 714 g/mol. The van der Waals surface area contributed by atoms with Crippen LogP contribution < -0.4 is 32.2 Å². The third-order valence-electron chi connectivity index (χ3n) is 11.1. The van der Waals surface area contributed by atoms with E-state index in [0.29, 0.717) is 22.8 Å². The Morgan fingerprint density at radius 2 is 0.912 bits per heavy atom. The van der Waals surface area contributed by atoms with Crippen LogP contribution in [0.15, 0.2) is 144 Å². The Balaban J connectivity index is 1.18. The van der Waals surface area contributed by atoms with Gasteiger partial charge in [-0.05, 0) is 46.7 Å². The lowest BCUT2D eigenvalue weighted by atomic mass is 9.60. The normalized spacial score (nSPS) is 12.2. The summed E-state index contributed by atoms with van der Waals surface area (Å²) in [6.45, 7) is 0. The highest BCUT2D eigenvalue weighted by molar-refractivity contribution is 6.68. The van der Waals surface area contributed by atoms with Gasteiger partial charge in [-0.2, -0.15) is 0 Å². The standard InChI is InChI=1S/C47H23B5N4O/c48-39-38(40(49)42(51)43(52)41(39)50)47-54-45(53-46(55-47)32-19-8-17-30-28-13-2-4-23-36(28)57-44(30)32)31-18-7-15-26-25(31)14-9-21-34(26)56-33-20-3-1-12-27(33)29-16-5-10-24-11-6-22-35(56)37(24)29/h1-23H. The molecule has 0 atom stereocenters. The molecule has 0 N–H and O–H groups in total. The van der Waals surface area contributed by atoms with Gasteiger partial charge < -0.3 is 9.32 Å². The predicted molar refractivity (Wildman–Crippen MR) is 239 cm³/mol. The van der Waals surface area contributed by atoms with Crippen molar-refractivity contribution >= 4 is 127 Å². The molecule has 0 aliphatic carbocycles. The van der Waals surface area contributed by atoms with E-state index in [1.807, 2.05) is 54.6 Å². The summed E-state index contributed by atoms with van der Waals surface area (Å²) in [6.07, 6.45) is 0. The lowest BCUT2D eigenvalue weighted by molar-refractivity contribution is 0.669. The zero-order chi connectivity index (χ0) is 38.5. The summed E-state index contributed by atoms with van der Waals surface area (Å²) in [5, 5.41) is 6.23. The van der Waals surface area contributed by atoms with E-state index in [2.05, 4.69) is 89.8 Å². The van der Waals surface area contributed by atoms with E-state index in [1.165, 1.54) is 21.9 Å². The van der Waals surface area contributed by atoms with Gasteiger partial charge in [-0.1, -0.05) is 120 Å². The van der Waals surface area contributed by atoms with Gasteiger partial charge >= 0.3 is 0 Å². The zero-order valence-corrected chi connectivity index (χ0v) is 30.4. The quantitative estimate of drug-likeness (QED) is 0.195. The Hall–Kier alpha value is -6.79. The van der Waals surface area contributed by atoms with Gasteiger partial charge in [0.2, 0.25) is 0 Å². The van der Waals surface area contributed by atoms with Crippen LogP contribution >= 0.6 is 0 Å². The second kappa shape index (κ2) is 12.6. The number of fused-ring (bicyclic) bond motifs is 6. The van der Waals surface area contributed by atoms with Gasteiger partial charge in [-0.15, -0.1) is 16.4 Å². The fourth-order valence-electron chi connectivity index (χ4n) is 8.44. The minimum atomic E-state index is 0.104. The number of hydrogen-bond donors (Lipinski definition) is 0. The number of rotatable bonds is 4. The lowest BCUT2D eigenvalue weighted by Gasteiger charge is -2.34. The van der Waals surface area contributed by atoms with Crippen LogP contribution in [-0.4, -0.2) is 54.2 Å². The molecule has 0 saturated carbocycles. The molecule has 10 heteroatoms. The van der Waals surface area contributed by atoms with Gasteiger partial charge in [0.05, 0.1) is 22.6 Å². The fourth-order valence-corrected chi connectivity index (χ4v) is 8.44. The molecule has 3 heterocycles. The molecule has 0 fully saturated rings. The molecule has 10 radical (unpaired) electrons.